The van der Waals surface area contributed by atoms with E-state index in [9.17, 15) is 14.3 Å². The molecular weight excluding hydrogens is 341 g/mol. The highest BCUT2D eigenvalue weighted by molar-refractivity contribution is 5.94. The molecule has 0 aromatic heterocycles. The Kier molecular flexibility index (Phi) is 9.01. The summed E-state index contributed by atoms with van der Waals surface area (Å²) in [5.74, 6) is 0.736. The minimum atomic E-state index is -0.273. The van der Waals surface area contributed by atoms with Gasteiger partial charge in [0.1, 0.15) is 11.6 Å². The van der Waals surface area contributed by atoms with E-state index < -0.39 is 0 Å². The van der Waals surface area contributed by atoms with Crippen LogP contribution >= 0.6 is 0 Å². The lowest BCUT2D eigenvalue weighted by atomic mass is 9.78. The molecule has 1 aromatic rings. The number of aliphatic hydroxyl groups is 1. The van der Waals surface area contributed by atoms with Gasteiger partial charge >= 0.3 is 0 Å². The zero-order valence-corrected chi connectivity index (χ0v) is 17.8. The molecule has 1 spiro atoms. The maximum Gasteiger partial charge on any atom is 0.253 e. The van der Waals surface area contributed by atoms with Gasteiger partial charge in [-0.25, -0.2) is 4.39 Å². The molecule has 0 unspecified atom stereocenters. The maximum absolute atomic E-state index is 13.0. The zero-order chi connectivity index (χ0) is 20.6. The largest absolute Gasteiger partial charge is 0.511 e. The Hall–Kier alpha value is -1.84. The molecule has 1 amide bonds. The van der Waals surface area contributed by atoms with E-state index in [-0.39, 0.29) is 17.1 Å². The van der Waals surface area contributed by atoms with Gasteiger partial charge in [-0.2, -0.15) is 0 Å². The third-order valence-corrected chi connectivity index (χ3v) is 4.81. The Bertz CT molecular complexity index is 626. The minimum absolute atomic E-state index is 0.116. The first kappa shape index (κ1) is 23.2. The predicted octanol–water partition coefficient (Wildman–Crippen LogP) is 6.25. The van der Waals surface area contributed by atoms with Crippen molar-refractivity contribution in [1.82, 2.24) is 4.90 Å². The van der Waals surface area contributed by atoms with Gasteiger partial charge in [0.15, 0.2) is 0 Å². The molecule has 27 heavy (non-hydrogen) atoms. The molecule has 1 saturated carbocycles. The number of carbonyl (C=O) groups excluding carboxylic acids is 1. The summed E-state index contributed by atoms with van der Waals surface area (Å²) in [5.41, 5.74) is 1.12. The van der Waals surface area contributed by atoms with E-state index in [0.29, 0.717) is 24.4 Å². The maximum atomic E-state index is 13.0. The first-order valence-electron chi connectivity index (χ1n) is 10.2. The standard InChI is InChI=1S/C17H20FNO2.C4H10.C2H6/c1-12-15(20)17(8-2-3-9-17)11-19(16(12)21)10-13-4-6-14(18)7-5-13;1-4(2)3;1-2/h4-7,20H,2-3,8-11H2,1H3;4H,1-3H3;1-2H3. The summed E-state index contributed by atoms with van der Waals surface area (Å²) < 4.78 is 13.0. The van der Waals surface area contributed by atoms with Gasteiger partial charge in [-0.3, -0.25) is 4.79 Å². The Morgan fingerprint density at radius 1 is 1.11 bits per heavy atom. The first-order valence-corrected chi connectivity index (χ1v) is 10.2. The quantitative estimate of drug-likeness (QED) is 0.662. The SMILES string of the molecule is CC.CC(C)C.CC1=C(O)C2(CCCC2)CN(Cc2ccc(F)cc2)C1=O. The number of rotatable bonds is 2. The molecule has 1 fully saturated rings. The van der Waals surface area contributed by atoms with E-state index in [0.717, 1.165) is 37.2 Å². The number of benzene rings is 1. The van der Waals surface area contributed by atoms with Gasteiger partial charge in [-0.15, -0.1) is 0 Å². The van der Waals surface area contributed by atoms with Crippen LogP contribution in [0.2, 0.25) is 0 Å². The van der Waals surface area contributed by atoms with Crippen LogP contribution in [0, 0.1) is 17.2 Å². The summed E-state index contributed by atoms with van der Waals surface area (Å²) in [5, 5.41) is 10.4. The van der Waals surface area contributed by atoms with Gasteiger partial charge in [0, 0.05) is 18.5 Å². The molecule has 0 atom stereocenters. The van der Waals surface area contributed by atoms with Crippen molar-refractivity contribution < 1.29 is 14.3 Å². The molecule has 0 radical (unpaired) electrons. The third kappa shape index (κ3) is 6.08. The fraction of sp³-hybridized carbons (Fsp3) is 0.609. The van der Waals surface area contributed by atoms with E-state index in [2.05, 4.69) is 20.8 Å². The second-order valence-corrected chi connectivity index (χ2v) is 7.98. The second kappa shape index (κ2) is 10.5. The van der Waals surface area contributed by atoms with Crippen LogP contribution in [0.15, 0.2) is 35.6 Å². The van der Waals surface area contributed by atoms with Crippen molar-refractivity contribution in [2.24, 2.45) is 11.3 Å². The van der Waals surface area contributed by atoms with Crippen LogP contribution in [0.5, 0.6) is 0 Å². The van der Waals surface area contributed by atoms with Crippen LogP contribution in [-0.2, 0) is 11.3 Å². The average molecular weight is 378 g/mol. The minimum Gasteiger partial charge on any atom is -0.511 e. The number of hydrogen-bond donors (Lipinski definition) is 1. The van der Waals surface area contributed by atoms with E-state index in [4.69, 9.17) is 0 Å². The van der Waals surface area contributed by atoms with Crippen LogP contribution < -0.4 is 0 Å². The van der Waals surface area contributed by atoms with E-state index >= 15 is 0 Å². The highest BCUT2D eigenvalue weighted by atomic mass is 19.1. The summed E-state index contributed by atoms with van der Waals surface area (Å²) in [4.78, 5) is 14.2. The molecule has 2 aliphatic rings. The number of carbonyl (C=O) groups is 1. The lowest BCUT2D eigenvalue weighted by Crippen LogP contribution is -2.46. The van der Waals surface area contributed by atoms with Crippen LogP contribution in [-0.4, -0.2) is 22.5 Å². The fourth-order valence-corrected chi connectivity index (χ4v) is 3.63. The highest BCUT2D eigenvalue weighted by Crippen LogP contribution is 2.47. The van der Waals surface area contributed by atoms with Crippen LogP contribution in [0.1, 0.15) is 72.8 Å². The number of aliphatic hydroxyl groups excluding tert-OH is 1. The molecule has 4 heteroatoms. The normalized spacial score (nSPS) is 18.2. The van der Waals surface area contributed by atoms with E-state index in [1.807, 2.05) is 13.8 Å². The molecule has 1 aliphatic heterocycles. The Morgan fingerprint density at radius 3 is 2.07 bits per heavy atom. The predicted molar refractivity (Wildman–Crippen MR) is 110 cm³/mol. The molecule has 0 saturated heterocycles. The van der Waals surface area contributed by atoms with Gasteiger partial charge in [-0.05, 0) is 43.4 Å². The van der Waals surface area contributed by atoms with Crippen molar-refractivity contribution in [3.63, 3.8) is 0 Å². The lowest BCUT2D eigenvalue weighted by molar-refractivity contribution is -0.131. The monoisotopic (exact) mass is 377 g/mol. The number of amides is 1. The van der Waals surface area contributed by atoms with Gasteiger partial charge in [-0.1, -0.05) is 59.6 Å². The van der Waals surface area contributed by atoms with E-state index in [1.54, 1.807) is 24.0 Å². The van der Waals surface area contributed by atoms with Crippen molar-refractivity contribution in [1.29, 1.82) is 0 Å². The summed E-state index contributed by atoms with van der Waals surface area (Å²) in [6.07, 6.45) is 4.05. The van der Waals surface area contributed by atoms with Crippen LogP contribution in [0.4, 0.5) is 4.39 Å². The molecular formula is C23H36FNO2. The Balaban J connectivity index is 0.000000541. The molecule has 1 aromatic carbocycles. The van der Waals surface area contributed by atoms with Gasteiger partial charge in [0.2, 0.25) is 0 Å². The van der Waals surface area contributed by atoms with Gasteiger partial charge in [0.25, 0.3) is 5.91 Å². The lowest BCUT2D eigenvalue weighted by Gasteiger charge is -2.40. The summed E-state index contributed by atoms with van der Waals surface area (Å²) >= 11 is 0. The smallest absolute Gasteiger partial charge is 0.253 e. The summed E-state index contributed by atoms with van der Waals surface area (Å²) in [6, 6.07) is 6.24. The molecule has 0 bridgehead atoms. The summed E-state index contributed by atoms with van der Waals surface area (Å²) in [6.45, 7) is 13.2. The Morgan fingerprint density at radius 2 is 1.59 bits per heavy atom. The molecule has 1 N–H and O–H groups in total. The highest BCUT2D eigenvalue weighted by Gasteiger charge is 2.45. The number of nitrogens with zero attached hydrogens (tertiary/aromatic N) is 1. The zero-order valence-electron chi connectivity index (χ0n) is 17.8. The molecule has 3 rings (SSSR count). The van der Waals surface area contributed by atoms with Crippen molar-refractivity contribution in [3.05, 3.63) is 47.0 Å². The first-order chi connectivity index (χ1) is 12.7. The topological polar surface area (TPSA) is 40.5 Å². The van der Waals surface area contributed by atoms with Crippen molar-refractivity contribution in [2.75, 3.05) is 6.54 Å². The molecule has 1 aliphatic carbocycles. The van der Waals surface area contributed by atoms with Gasteiger partial charge < -0.3 is 10.0 Å². The Labute approximate surface area is 164 Å². The summed E-state index contributed by atoms with van der Waals surface area (Å²) in [7, 11) is 0. The van der Waals surface area contributed by atoms with Crippen LogP contribution in [0.3, 0.4) is 0 Å². The number of hydrogen-bond acceptors (Lipinski definition) is 2. The molecule has 3 nitrogen and oxygen atoms in total. The van der Waals surface area contributed by atoms with Crippen LogP contribution in [0.25, 0.3) is 0 Å². The van der Waals surface area contributed by atoms with Crippen molar-refractivity contribution in [3.8, 4) is 0 Å². The fourth-order valence-electron chi connectivity index (χ4n) is 3.63. The number of halogens is 1. The molecule has 152 valence electrons. The van der Waals surface area contributed by atoms with Crippen molar-refractivity contribution >= 4 is 5.91 Å². The third-order valence-electron chi connectivity index (χ3n) is 4.81. The average Bonchev–Trinajstić information content (AvgIpc) is 3.11. The second-order valence-electron chi connectivity index (χ2n) is 7.98. The van der Waals surface area contributed by atoms with E-state index in [1.165, 1.54) is 12.1 Å². The van der Waals surface area contributed by atoms with Gasteiger partial charge in [0.05, 0.1) is 5.57 Å². The van der Waals surface area contributed by atoms with Crippen molar-refractivity contribution in [2.45, 2.75) is 73.8 Å². The molecule has 1 heterocycles.